The first kappa shape index (κ1) is 15.6. The molecule has 1 fully saturated rings. The molecule has 21 heavy (non-hydrogen) atoms. The summed E-state index contributed by atoms with van der Waals surface area (Å²) in [4.78, 5) is 11.9. The number of nitrogens with one attached hydrogen (secondary N) is 1. The number of hydrogen-bond donors (Lipinski definition) is 2. The minimum Gasteiger partial charge on any atom is -0.497 e. The van der Waals surface area contributed by atoms with Crippen LogP contribution in [0.1, 0.15) is 31.2 Å². The normalized spacial score (nSPS) is 17.0. The highest BCUT2D eigenvalue weighted by molar-refractivity contribution is 5.92. The third-order valence-electron chi connectivity index (χ3n) is 3.67. The van der Waals surface area contributed by atoms with Crippen LogP contribution >= 0.6 is 0 Å². The van der Waals surface area contributed by atoms with Gasteiger partial charge in [-0.15, -0.1) is 0 Å². The summed E-state index contributed by atoms with van der Waals surface area (Å²) >= 11 is 0. The molecule has 1 aromatic carbocycles. The molecule has 0 spiro atoms. The predicted molar refractivity (Wildman–Crippen MR) is 72.0 cm³/mol. The van der Waals surface area contributed by atoms with Crippen LogP contribution in [0.15, 0.2) is 18.2 Å². The van der Waals surface area contributed by atoms with E-state index in [2.05, 4.69) is 5.32 Å². The molecule has 0 heterocycles. The lowest BCUT2D eigenvalue weighted by molar-refractivity contribution is -0.137. The van der Waals surface area contributed by atoms with E-state index in [-0.39, 0.29) is 17.9 Å². The average molecular weight is 302 g/mol. The highest BCUT2D eigenvalue weighted by Crippen LogP contribution is 2.38. The van der Waals surface area contributed by atoms with E-state index in [1.807, 2.05) is 0 Å². The monoisotopic (exact) mass is 302 g/mol. The Kier molecular flexibility index (Phi) is 4.13. The largest absolute Gasteiger partial charge is 0.497 e. The molecule has 0 atom stereocenters. The van der Waals surface area contributed by atoms with Crippen LogP contribution in [0.5, 0.6) is 5.75 Å². The van der Waals surface area contributed by atoms with Crippen molar-refractivity contribution in [2.45, 2.75) is 37.4 Å². The summed E-state index contributed by atoms with van der Waals surface area (Å²) in [6.07, 6.45) is -2.17. The fraction of sp³-hybridized carbons (Fsp3) is 0.500. The third kappa shape index (κ3) is 3.66. The zero-order valence-electron chi connectivity index (χ0n) is 11.6. The van der Waals surface area contributed by atoms with Gasteiger partial charge in [0.25, 0.3) is 0 Å². The third-order valence-corrected chi connectivity index (χ3v) is 3.67. The van der Waals surface area contributed by atoms with E-state index < -0.39 is 23.2 Å². The first-order valence-corrected chi connectivity index (χ1v) is 6.57. The number of halogens is 3. The number of benzene rings is 1. The molecule has 0 bridgehead atoms. The number of hydrogen-bond acceptors (Lipinski definition) is 3. The number of alkyl halides is 3. The highest BCUT2D eigenvalue weighted by atomic mass is 19.4. The van der Waals surface area contributed by atoms with E-state index in [0.717, 1.165) is 25.3 Å². The van der Waals surface area contributed by atoms with E-state index in [0.29, 0.717) is 0 Å². The standard InChI is InChI=1S/C14H17F3N2O2/c1-21-9-3-4-11(10(7-9)14(15,16)17)19-12(20)8-13(18)5-2-6-13/h3-4,7H,2,5-6,8,18H2,1H3,(H,19,20). The number of amides is 1. The lowest BCUT2D eigenvalue weighted by atomic mass is 9.75. The van der Waals surface area contributed by atoms with Gasteiger partial charge in [0.05, 0.1) is 18.4 Å². The van der Waals surface area contributed by atoms with Gasteiger partial charge < -0.3 is 15.8 Å². The second-order valence-corrected chi connectivity index (χ2v) is 5.35. The number of nitrogens with two attached hydrogens (primary N) is 1. The van der Waals surface area contributed by atoms with Crippen LogP contribution in [-0.2, 0) is 11.0 Å². The Hall–Kier alpha value is -1.76. The van der Waals surface area contributed by atoms with Crippen molar-refractivity contribution >= 4 is 11.6 Å². The number of anilines is 1. The number of carbonyl (C=O) groups is 1. The van der Waals surface area contributed by atoms with E-state index in [1.165, 1.54) is 19.2 Å². The molecule has 1 aliphatic carbocycles. The van der Waals surface area contributed by atoms with Gasteiger partial charge >= 0.3 is 6.18 Å². The summed E-state index contributed by atoms with van der Waals surface area (Å²) in [6, 6.07) is 3.41. The zero-order valence-corrected chi connectivity index (χ0v) is 11.6. The van der Waals surface area contributed by atoms with Crippen molar-refractivity contribution in [2.75, 3.05) is 12.4 Å². The van der Waals surface area contributed by atoms with Crippen LogP contribution < -0.4 is 15.8 Å². The van der Waals surface area contributed by atoms with Crippen molar-refractivity contribution in [3.63, 3.8) is 0 Å². The molecule has 4 nitrogen and oxygen atoms in total. The molecular weight excluding hydrogens is 285 g/mol. The fourth-order valence-corrected chi connectivity index (χ4v) is 2.32. The lowest BCUT2D eigenvalue weighted by Crippen LogP contribution is -2.49. The number of rotatable bonds is 4. The summed E-state index contributed by atoms with van der Waals surface area (Å²) in [6.45, 7) is 0. The lowest BCUT2D eigenvalue weighted by Gasteiger charge is -2.37. The average Bonchev–Trinajstić information content (AvgIpc) is 2.36. The van der Waals surface area contributed by atoms with Gasteiger partial charge in [-0.25, -0.2) is 0 Å². The quantitative estimate of drug-likeness (QED) is 0.899. The van der Waals surface area contributed by atoms with E-state index in [9.17, 15) is 18.0 Å². The molecule has 0 aromatic heterocycles. The molecule has 0 aliphatic heterocycles. The van der Waals surface area contributed by atoms with Gasteiger partial charge in [-0.1, -0.05) is 0 Å². The van der Waals surface area contributed by atoms with Crippen LogP contribution in [0.2, 0.25) is 0 Å². The maximum atomic E-state index is 13.0. The van der Waals surface area contributed by atoms with Gasteiger partial charge in [-0.05, 0) is 37.5 Å². The molecule has 1 saturated carbocycles. The second kappa shape index (κ2) is 5.55. The Morgan fingerprint density at radius 3 is 2.57 bits per heavy atom. The van der Waals surface area contributed by atoms with Crippen molar-refractivity contribution in [1.82, 2.24) is 0 Å². The Balaban J connectivity index is 2.17. The fourth-order valence-electron chi connectivity index (χ4n) is 2.32. The van der Waals surface area contributed by atoms with Gasteiger partial charge in [0.15, 0.2) is 0 Å². The molecule has 0 unspecified atom stereocenters. The molecule has 0 saturated heterocycles. The maximum absolute atomic E-state index is 13.0. The molecule has 1 aliphatic rings. The van der Waals surface area contributed by atoms with Crippen molar-refractivity contribution < 1.29 is 22.7 Å². The molecule has 7 heteroatoms. The summed E-state index contributed by atoms with van der Waals surface area (Å²) in [5.74, 6) is -0.428. The Bertz CT molecular complexity index is 540. The van der Waals surface area contributed by atoms with Crippen molar-refractivity contribution in [3.05, 3.63) is 23.8 Å². The predicted octanol–water partition coefficient (Wildman–Crippen LogP) is 2.92. The number of ether oxygens (including phenoxy) is 1. The SMILES string of the molecule is COc1ccc(NC(=O)CC2(N)CCC2)c(C(F)(F)F)c1. The van der Waals surface area contributed by atoms with E-state index in [4.69, 9.17) is 10.5 Å². The molecule has 0 radical (unpaired) electrons. The highest BCUT2D eigenvalue weighted by Gasteiger charge is 2.37. The maximum Gasteiger partial charge on any atom is 0.418 e. The van der Waals surface area contributed by atoms with Crippen LogP contribution in [0.4, 0.5) is 18.9 Å². The number of carbonyl (C=O) groups excluding carboxylic acids is 1. The van der Waals surface area contributed by atoms with Gasteiger partial charge in [0.1, 0.15) is 5.75 Å². The second-order valence-electron chi connectivity index (χ2n) is 5.35. The zero-order chi connectivity index (χ0) is 15.7. The van der Waals surface area contributed by atoms with E-state index >= 15 is 0 Å². The summed E-state index contributed by atoms with van der Waals surface area (Å²) in [5, 5.41) is 2.30. The number of methoxy groups -OCH3 is 1. The van der Waals surface area contributed by atoms with Crippen molar-refractivity contribution in [1.29, 1.82) is 0 Å². The molecule has 116 valence electrons. The molecular formula is C14H17F3N2O2. The summed E-state index contributed by atoms with van der Waals surface area (Å²) in [5.41, 5.74) is 4.13. The summed E-state index contributed by atoms with van der Waals surface area (Å²) in [7, 11) is 1.28. The van der Waals surface area contributed by atoms with Gasteiger partial charge in [0.2, 0.25) is 5.91 Å². The van der Waals surface area contributed by atoms with Gasteiger partial charge in [0, 0.05) is 12.0 Å². The van der Waals surface area contributed by atoms with Crippen LogP contribution in [0.25, 0.3) is 0 Å². The molecule has 3 N–H and O–H groups in total. The Morgan fingerprint density at radius 1 is 1.43 bits per heavy atom. The first-order valence-electron chi connectivity index (χ1n) is 6.57. The van der Waals surface area contributed by atoms with Gasteiger partial charge in [-0.3, -0.25) is 4.79 Å². The first-order chi connectivity index (χ1) is 9.73. The van der Waals surface area contributed by atoms with Crippen LogP contribution in [0, 0.1) is 0 Å². The molecule has 1 amide bonds. The van der Waals surface area contributed by atoms with Crippen molar-refractivity contribution in [3.8, 4) is 5.75 Å². The molecule has 1 aromatic rings. The van der Waals surface area contributed by atoms with Crippen LogP contribution in [-0.4, -0.2) is 18.6 Å². The topological polar surface area (TPSA) is 64.3 Å². The van der Waals surface area contributed by atoms with Crippen molar-refractivity contribution in [2.24, 2.45) is 5.73 Å². The smallest absolute Gasteiger partial charge is 0.418 e. The minimum atomic E-state index is -4.58. The minimum absolute atomic E-state index is 0.0241. The summed E-state index contributed by atoms with van der Waals surface area (Å²) < 4.78 is 43.8. The Morgan fingerprint density at radius 2 is 2.10 bits per heavy atom. The Labute approximate surface area is 120 Å². The van der Waals surface area contributed by atoms with E-state index in [1.54, 1.807) is 0 Å². The van der Waals surface area contributed by atoms with Crippen LogP contribution in [0.3, 0.4) is 0 Å². The van der Waals surface area contributed by atoms with Gasteiger partial charge in [-0.2, -0.15) is 13.2 Å². The molecule has 2 rings (SSSR count).